The minimum atomic E-state index is -0.437. The fourth-order valence-electron chi connectivity index (χ4n) is 3.37. The van der Waals surface area contributed by atoms with E-state index in [9.17, 15) is 0 Å². The molecule has 4 rings (SSSR count). The van der Waals surface area contributed by atoms with Gasteiger partial charge in [0.1, 0.15) is 6.04 Å². The molecule has 1 aromatic carbocycles. The second-order valence-corrected chi connectivity index (χ2v) is 6.59. The van der Waals surface area contributed by atoms with Crippen molar-refractivity contribution < 1.29 is 13.9 Å². The van der Waals surface area contributed by atoms with Crippen molar-refractivity contribution in [2.45, 2.75) is 64.2 Å². The molecule has 1 saturated carbocycles. The summed E-state index contributed by atoms with van der Waals surface area (Å²) < 4.78 is 17.9. The number of hydrogen-bond donors (Lipinski definition) is 1. The number of rotatable bonds is 4. The van der Waals surface area contributed by atoms with Crippen LogP contribution < -0.4 is 14.8 Å². The zero-order chi connectivity index (χ0) is 16.6. The highest BCUT2D eigenvalue weighted by atomic mass is 16.7. The molecule has 0 saturated heterocycles. The van der Waals surface area contributed by atoms with E-state index in [-0.39, 0.29) is 6.04 Å². The molecule has 1 aliphatic heterocycles. The Kier molecular flexibility index (Phi) is 3.82. The first kappa shape index (κ1) is 15.3. The van der Waals surface area contributed by atoms with Crippen LogP contribution >= 0.6 is 0 Å². The van der Waals surface area contributed by atoms with E-state index < -0.39 is 5.79 Å². The molecular formula is C18H23N3O3. The normalized spacial score (nSPS) is 19.4. The molecule has 0 bridgehead atoms. The SMILES string of the molecule is CCc1nnc(C(C)Nc2ccc3c(c2)OC2(CCCCC2)O3)o1. The first-order valence-corrected chi connectivity index (χ1v) is 8.78. The number of aryl methyl sites for hydroxylation is 1. The van der Waals surface area contributed by atoms with E-state index in [1.807, 2.05) is 32.0 Å². The van der Waals surface area contributed by atoms with Crippen LogP contribution in [0.25, 0.3) is 0 Å². The Balaban J connectivity index is 1.47. The zero-order valence-electron chi connectivity index (χ0n) is 14.2. The fraction of sp³-hybridized carbons (Fsp3) is 0.556. The number of aromatic nitrogens is 2. The molecule has 24 heavy (non-hydrogen) atoms. The lowest BCUT2D eigenvalue weighted by Crippen LogP contribution is -2.40. The van der Waals surface area contributed by atoms with Crippen molar-refractivity contribution in [3.8, 4) is 11.5 Å². The van der Waals surface area contributed by atoms with Gasteiger partial charge in [-0.1, -0.05) is 13.3 Å². The molecule has 1 aromatic heterocycles. The predicted octanol–water partition coefficient (Wildman–Crippen LogP) is 4.24. The average molecular weight is 329 g/mol. The summed E-state index contributed by atoms with van der Waals surface area (Å²) in [6.07, 6.45) is 6.25. The fourth-order valence-corrected chi connectivity index (χ4v) is 3.37. The van der Waals surface area contributed by atoms with E-state index in [2.05, 4.69) is 15.5 Å². The number of nitrogens with zero attached hydrogens (tertiary/aromatic N) is 2. The van der Waals surface area contributed by atoms with Crippen LogP contribution in [0.1, 0.15) is 63.8 Å². The first-order valence-electron chi connectivity index (χ1n) is 8.78. The molecule has 0 radical (unpaired) electrons. The second kappa shape index (κ2) is 6.00. The number of nitrogens with one attached hydrogen (secondary N) is 1. The Morgan fingerprint density at radius 2 is 1.92 bits per heavy atom. The topological polar surface area (TPSA) is 69.4 Å². The molecule has 1 unspecified atom stereocenters. The highest BCUT2D eigenvalue weighted by Gasteiger charge is 2.42. The molecule has 6 nitrogen and oxygen atoms in total. The van der Waals surface area contributed by atoms with Crippen LogP contribution in [0.4, 0.5) is 5.69 Å². The third-order valence-electron chi connectivity index (χ3n) is 4.69. The third-order valence-corrected chi connectivity index (χ3v) is 4.69. The van der Waals surface area contributed by atoms with Crippen LogP contribution in [-0.2, 0) is 6.42 Å². The predicted molar refractivity (Wildman–Crippen MR) is 89.2 cm³/mol. The van der Waals surface area contributed by atoms with E-state index >= 15 is 0 Å². The second-order valence-electron chi connectivity index (χ2n) is 6.59. The van der Waals surface area contributed by atoms with Crippen molar-refractivity contribution in [2.75, 3.05) is 5.32 Å². The van der Waals surface area contributed by atoms with Gasteiger partial charge in [-0.15, -0.1) is 10.2 Å². The summed E-state index contributed by atoms with van der Waals surface area (Å²) in [4.78, 5) is 0. The third kappa shape index (κ3) is 2.81. The van der Waals surface area contributed by atoms with Crippen LogP contribution in [0.2, 0.25) is 0 Å². The van der Waals surface area contributed by atoms with Crippen molar-refractivity contribution in [3.63, 3.8) is 0 Å². The van der Waals surface area contributed by atoms with Crippen molar-refractivity contribution in [1.29, 1.82) is 0 Å². The van der Waals surface area contributed by atoms with Crippen molar-refractivity contribution in [1.82, 2.24) is 10.2 Å². The summed E-state index contributed by atoms with van der Waals surface area (Å²) in [6.45, 7) is 3.99. The highest BCUT2D eigenvalue weighted by molar-refractivity contribution is 5.56. The average Bonchev–Trinajstić information content (AvgIpc) is 3.19. The van der Waals surface area contributed by atoms with Crippen molar-refractivity contribution >= 4 is 5.69 Å². The van der Waals surface area contributed by atoms with E-state index in [1.165, 1.54) is 6.42 Å². The molecular weight excluding hydrogens is 306 g/mol. The van der Waals surface area contributed by atoms with Crippen LogP contribution in [0.15, 0.2) is 22.6 Å². The van der Waals surface area contributed by atoms with Gasteiger partial charge in [0.15, 0.2) is 11.5 Å². The molecule has 2 aromatic rings. The highest BCUT2D eigenvalue weighted by Crippen LogP contribution is 2.46. The summed E-state index contributed by atoms with van der Waals surface area (Å²) >= 11 is 0. The molecule has 0 amide bonds. The minimum Gasteiger partial charge on any atom is -0.448 e. The minimum absolute atomic E-state index is 0.0678. The largest absolute Gasteiger partial charge is 0.448 e. The van der Waals surface area contributed by atoms with Gasteiger partial charge < -0.3 is 19.2 Å². The van der Waals surface area contributed by atoms with Gasteiger partial charge in [-0.25, -0.2) is 0 Å². The van der Waals surface area contributed by atoms with Crippen molar-refractivity contribution in [3.05, 3.63) is 30.0 Å². The lowest BCUT2D eigenvalue weighted by molar-refractivity contribution is -0.105. The number of fused-ring (bicyclic) bond motifs is 1. The lowest BCUT2D eigenvalue weighted by Gasteiger charge is -2.31. The summed E-state index contributed by atoms with van der Waals surface area (Å²) in [6, 6.07) is 5.89. The van der Waals surface area contributed by atoms with Crippen LogP contribution in [0.3, 0.4) is 0 Å². The molecule has 1 spiro atoms. The van der Waals surface area contributed by atoms with Crippen LogP contribution in [-0.4, -0.2) is 16.0 Å². The molecule has 128 valence electrons. The number of anilines is 1. The number of hydrogen-bond acceptors (Lipinski definition) is 6. The van der Waals surface area contributed by atoms with Crippen LogP contribution in [0.5, 0.6) is 11.5 Å². The maximum atomic E-state index is 6.17. The maximum Gasteiger partial charge on any atom is 0.251 e. The van der Waals surface area contributed by atoms with E-state index in [0.29, 0.717) is 11.8 Å². The summed E-state index contributed by atoms with van der Waals surface area (Å²) in [5, 5.41) is 11.5. The Labute approximate surface area is 141 Å². The van der Waals surface area contributed by atoms with E-state index in [1.54, 1.807) is 0 Å². The van der Waals surface area contributed by atoms with Gasteiger partial charge >= 0.3 is 0 Å². The van der Waals surface area contributed by atoms with Gasteiger partial charge in [-0.05, 0) is 31.9 Å². The van der Waals surface area contributed by atoms with Gasteiger partial charge in [-0.2, -0.15) is 0 Å². The van der Waals surface area contributed by atoms with Crippen molar-refractivity contribution in [2.24, 2.45) is 0 Å². The van der Waals surface area contributed by atoms with Gasteiger partial charge in [-0.3, -0.25) is 0 Å². The molecule has 6 heteroatoms. The first-order chi connectivity index (χ1) is 11.7. The molecule has 1 N–H and O–H groups in total. The Morgan fingerprint density at radius 3 is 2.67 bits per heavy atom. The Hall–Kier alpha value is -2.24. The molecule has 2 aliphatic rings. The van der Waals surface area contributed by atoms with Crippen LogP contribution in [0, 0.1) is 0 Å². The van der Waals surface area contributed by atoms with Gasteiger partial charge in [0, 0.05) is 31.0 Å². The standard InChI is InChI=1S/C18H23N3O3/c1-3-16-20-21-17(22-16)12(2)19-13-7-8-14-15(11-13)24-18(23-14)9-5-4-6-10-18/h7-8,11-12,19H,3-6,9-10H2,1-2H3. The van der Waals surface area contributed by atoms with Gasteiger partial charge in [0.25, 0.3) is 5.79 Å². The Morgan fingerprint density at radius 1 is 1.12 bits per heavy atom. The number of benzene rings is 1. The van der Waals surface area contributed by atoms with Gasteiger partial charge in [0.05, 0.1) is 0 Å². The van der Waals surface area contributed by atoms with E-state index in [0.717, 1.165) is 49.3 Å². The monoisotopic (exact) mass is 329 g/mol. The molecule has 1 atom stereocenters. The molecule has 1 aliphatic carbocycles. The summed E-state index contributed by atoms with van der Waals surface area (Å²) in [5.74, 6) is 2.46. The molecule has 1 fully saturated rings. The quantitative estimate of drug-likeness (QED) is 0.905. The summed E-state index contributed by atoms with van der Waals surface area (Å²) in [5.41, 5.74) is 0.953. The zero-order valence-corrected chi connectivity index (χ0v) is 14.2. The lowest BCUT2D eigenvalue weighted by atomic mass is 9.94. The van der Waals surface area contributed by atoms with Gasteiger partial charge in [0.2, 0.25) is 11.8 Å². The number of ether oxygens (including phenoxy) is 2. The summed E-state index contributed by atoms with van der Waals surface area (Å²) in [7, 11) is 0. The molecule has 2 heterocycles. The maximum absolute atomic E-state index is 6.17. The Bertz CT molecular complexity index is 722. The smallest absolute Gasteiger partial charge is 0.251 e. The van der Waals surface area contributed by atoms with E-state index in [4.69, 9.17) is 13.9 Å².